The lowest BCUT2D eigenvalue weighted by Crippen LogP contribution is -2.26. The third-order valence-electron chi connectivity index (χ3n) is 3.38. The van der Waals surface area contributed by atoms with Crippen LogP contribution >= 0.6 is 0 Å². The molecule has 114 valence electrons. The Morgan fingerprint density at radius 1 is 1.35 bits per heavy atom. The molecule has 0 aromatic carbocycles. The van der Waals surface area contributed by atoms with Crippen molar-refractivity contribution in [1.82, 2.24) is 15.2 Å². The zero-order valence-electron chi connectivity index (χ0n) is 13.3. The Morgan fingerprint density at radius 3 is 2.70 bits per heavy atom. The highest BCUT2D eigenvalue weighted by Crippen LogP contribution is 2.22. The van der Waals surface area contributed by atoms with Crippen molar-refractivity contribution >= 4 is 5.91 Å². The summed E-state index contributed by atoms with van der Waals surface area (Å²) < 4.78 is 2.10. The molecule has 0 aliphatic heterocycles. The highest BCUT2D eigenvalue weighted by atomic mass is 16.1. The maximum absolute atomic E-state index is 11.5. The SMILES string of the molecule is CCCNC(c1ccn(CCC(=O)NCC)c1)C(C)C. The third-order valence-corrected chi connectivity index (χ3v) is 3.38. The first-order valence-electron chi connectivity index (χ1n) is 7.74. The van der Waals surface area contributed by atoms with E-state index in [0.29, 0.717) is 24.9 Å². The van der Waals surface area contributed by atoms with Crippen LogP contribution in [0.4, 0.5) is 0 Å². The maximum atomic E-state index is 11.5. The van der Waals surface area contributed by atoms with Crippen molar-refractivity contribution in [3.8, 4) is 0 Å². The molecular weight excluding hydrogens is 250 g/mol. The van der Waals surface area contributed by atoms with Crippen molar-refractivity contribution in [2.45, 2.75) is 53.1 Å². The number of carbonyl (C=O) groups excluding carboxylic acids is 1. The van der Waals surface area contributed by atoms with Gasteiger partial charge in [-0.3, -0.25) is 4.79 Å². The topological polar surface area (TPSA) is 46.1 Å². The summed E-state index contributed by atoms with van der Waals surface area (Å²) in [5.74, 6) is 0.674. The highest BCUT2D eigenvalue weighted by molar-refractivity contribution is 5.75. The number of carbonyl (C=O) groups is 1. The summed E-state index contributed by atoms with van der Waals surface area (Å²) in [5, 5.41) is 6.42. The second-order valence-electron chi connectivity index (χ2n) is 5.56. The van der Waals surface area contributed by atoms with E-state index in [0.717, 1.165) is 19.5 Å². The van der Waals surface area contributed by atoms with E-state index >= 15 is 0 Å². The summed E-state index contributed by atoms with van der Waals surface area (Å²) in [6.45, 7) is 11.1. The molecule has 0 aliphatic rings. The fraction of sp³-hybridized carbons (Fsp3) is 0.688. The second kappa shape index (κ2) is 8.80. The van der Waals surface area contributed by atoms with Gasteiger partial charge < -0.3 is 15.2 Å². The van der Waals surface area contributed by atoms with Crippen LogP contribution in [0.2, 0.25) is 0 Å². The summed E-state index contributed by atoms with van der Waals surface area (Å²) in [4.78, 5) is 11.5. The molecular formula is C16H29N3O. The molecule has 0 fully saturated rings. The number of aryl methyl sites for hydroxylation is 1. The lowest BCUT2D eigenvalue weighted by Gasteiger charge is -2.21. The second-order valence-corrected chi connectivity index (χ2v) is 5.56. The smallest absolute Gasteiger partial charge is 0.221 e. The molecule has 0 spiro atoms. The summed E-state index contributed by atoms with van der Waals surface area (Å²) in [5.41, 5.74) is 1.31. The van der Waals surface area contributed by atoms with Gasteiger partial charge in [-0.25, -0.2) is 0 Å². The van der Waals surface area contributed by atoms with Gasteiger partial charge in [-0.2, -0.15) is 0 Å². The number of aromatic nitrogens is 1. The molecule has 0 bridgehead atoms. The number of nitrogens with zero attached hydrogens (tertiary/aromatic N) is 1. The molecule has 1 rings (SSSR count). The van der Waals surface area contributed by atoms with Gasteiger partial charge in [0, 0.05) is 37.9 Å². The van der Waals surface area contributed by atoms with Crippen molar-refractivity contribution in [2.75, 3.05) is 13.1 Å². The summed E-state index contributed by atoms with van der Waals surface area (Å²) in [6, 6.07) is 2.55. The molecule has 1 unspecified atom stereocenters. The number of nitrogens with one attached hydrogen (secondary N) is 2. The van der Waals surface area contributed by atoms with E-state index in [4.69, 9.17) is 0 Å². The summed E-state index contributed by atoms with van der Waals surface area (Å²) in [6.07, 6.45) is 5.90. The average molecular weight is 279 g/mol. The molecule has 4 heteroatoms. The average Bonchev–Trinajstić information content (AvgIpc) is 2.85. The molecule has 0 aliphatic carbocycles. The first kappa shape index (κ1) is 16.8. The summed E-state index contributed by atoms with van der Waals surface area (Å²) >= 11 is 0. The predicted octanol–water partition coefficient (Wildman–Crippen LogP) is 2.71. The number of hydrogen-bond donors (Lipinski definition) is 2. The van der Waals surface area contributed by atoms with Gasteiger partial charge in [0.15, 0.2) is 0 Å². The van der Waals surface area contributed by atoms with Gasteiger partial charge in [-0.1, -0.05) is 20.8 Å². The first-order valence-corrected chi connectivity index (χ1v) is 7.74. The van der Waals surface area contributed by atoms with E-state index in [-0.39, 0.29) is 5.91 Å². The Hall–Kier alpha value is -1.29. The van der Waals surface area contributed by atoms with Crippen molar-refractivity contribution in [2.24, 2.45) is 5.92 Å². The minimum Gasteiger partial charge on any atom is -0.356 e. The van der Waals surface area contributed by atoms with Crippen LogP contribution in [-0.4, -0.2) is 23.6 Å². The van der Waals surface area contributed by atoms with Crippen molar-refractivity contribution < 1.29 is 4.79 Å². The molecule has 1 aromatic heterocycles. The highest BCUT2D eigenvalue weighted by Gasteiger charge is 2.15. The van der Waals surface area contributed by atoms with Gasteiger partial charge >= 0.3 is 0 Å². The molecule has 0 saturated carbocycles. The Bertz CT molecular complexity index is 398. The van der Waals surface area contributed by atoms with Crippen LogP contribution in [-0.2, 0) is 11.3 Å². The van der Waals surface area contributed by atoms with E-state index < -0.39 is 0 Å². The largest absolute Gasteiger partial charge is 0.356 e. The zero-order chi connectivity index (χ0) is 15.0. The van der Waals surface area contributed by atoms with Gasteiger partial charge in [0.1, 0.15) is 0 Å². The Morgan fingerprint density at radius 2 is 2.10 bits per heavy atom. The molecule has 1 amide bonds. The van der Waals surface area contributed by atoms with Crippen LogP contribution in [0.25, 0.3) is 0 Å². The van der Waals surface area contributed by atoms with Gasteiger partial charge in [0.25, 0.3) is 0 Å². The molecule has 2 N–H and O–H groups in total. The molecule has 0 radical (unpaired) electrons. The standard InChI is InChI=1S/C16H29N3O/c1-5-9-18-16(13(3)4)14-7-10-19(12-14)11-8-15(20)17-6-2/h7,10,12-13,16,18H,5-6,8-9,11H2,1-4H3,(H,17,20). The molecule has 20 heavy (non-hydrogen) atoms. The molecule has 1 atom stereocenters. The third kappa shape index (κ3) is 5.37. The quantitative estimate of drug-likeness (QED) is 0.730. The Kier molecular flexibility index (Phi) is 7.37. The first-order chi connectivity index (χ1) is 9.58. The monoisotopic (exact) mass is 279 g/mol. The molecule has 1 aromatic rings. The van der Waals surface area contributed by atoms with E-state index in [9.17, 15) is 4.79 Å². The minimum absolute atomic E-state index is 0.118. The van der Waals surface area contributed by atoms with Crippen LogP contribution in [0.5, 0.6) is 0 Å². The van der Waals surface area contributed by atoms with Crippen LogP contribution in [0, 0.1) is 5.92 Å². The van der Waals surface area contributed by atoms with E-state index in [1.165, 1.54) is 5.56 Å². The molecule has 0 saturated heterocycles. The van der Waals surface area contributed by atoms with Crippen LogP contribution in [0.3, 0.4) is 0 Å². The van der Waals surface area contributed by atoms with Gasteiger partial charge in [0.2, 0.25) is 5.91 Å². The van der Waals surface area contributed by atoms with Crippen molar-refractivity contribution in [3.05, 3.63) is 24.0 Å². The van der Waals surface area contributed by atoms with Crippen molar-refractivity contribution in [3.63, 3.8) is 0 Å². The van der Waals surface area contributed by atoms with Gasteiger partial charge in [-0.15, -0.1) is 0 Å². The zero-order valence-corrected chi connectivity index (χ0v) is 13.3. The lowest BCUT2D eigenvalue weighted by molar-refractivity contribution is -0.121. The predicted molar refractivity (Wildman–Crippen MR) is 83.6 cm³/mol. The fourth-order valence-corrected chi connectivity index (χ4v) is 2.34. The Labute approximate surface area is 122 Å². The van der Waals surface area contributed by atoms with Crippen molar-refractivity contribution in [1.29, 1.82) is 0 Å². The summed E-state index contributed by atoms with van der Waals surface area (Å²) in [7, 11) is 0. The number of amides is 1. The number of rotatable bonds is 9. The molecule has 4 nitrogen and oxygen atoms in total. The van der Waals surface area contributed by atoms with Crippen LogP contribution in [0.15, 0.2) is 18.5 Å². The van der Waals surface area contributed by atoms with E-state index in [1.807, 2.05) is 6.92 Å². The molecule has 1 heterocycles. The van der Waals surface area contributed by atoms with Gasteiger partial charge in [-0.05, 0) is 37.4 Å². The minimum atomic E-state index is 0.118. The Balaban J connectivity index is 2.57. The van der Waals surface area contributed by atoms with E-state index in [2.05, 4.69) is 54.4 Å². The lowest BCUT2D eigenvalue weighted by atomic mass is 9.98. The normalized spacial score (nSPS) is 12.7. The van der Waals surface area contributed by atoms with Gasteiger partial charge in [0.05, 0.1) is 0 Å². The maximum Gasteiger partial charge on any atom is 0.221 e. The van der Waals surface area contributed by atoms with Crippen LogP contribution in [0.1, 0.15) is 52.1 Å². The number of hydrogen-bond acceptors (Lipinski definition) is 2. The van der Waals surface area contributed by atoms with E-state index in [1.54, 1.807) is 0 Å². The van der Waals surface area contributed by atoms with Crippen LogP contribution < -0.4 is 10.6 Å². The fourth-order valence-electron chi connectivity index (χ4n) is 2.34.